The molecule has 4 rings (SSSR count). The van der Waals surface area contributed by atoms with Gasteiger partial charge in [0.25, 0.3) is 0 Å². The zero-order valence-corrected chi connectivity index (χ0v) is 18.8. The van der Waals surface area contributed by atoms with Crippen LogP contribution in [0.3, 0.4) is 0 Å². The average Bonchev–Trinajstić information content (AvgIpc) is 3.22. The normalized spacial score (nSPS) is 11.6. The molecule has 10 N–H and O–H groups in total. The van der Waals surface area contributed by atoms with Gasteiger partial charge in [-0.25, -0.2) is 4.98 Å². The molecule has 1 heterocycles. The summed E-state index contributed by atoms with van der Waals surface area (Å²) in [5.74, 6) is -0.483. The Labute approximate surface area is 195 Å². The van der Waals surface area contributed by atoms with Crippen LogP contribution in [0, 0.1) is 5.41 Å². The summed E-state index contributed by atoms with van der Waals surface area (Å²) in [5, 5.41) is 29.5. The van der Waals surface area contributed by atoms with Gasteiger partial charge in [0.1, 0.15) is 23.2 Å². The van der Waals surface area contributed by atoms with E-state index >= 15 is 0 Å². The van der Waals surface area contributed by atoms with Crippen LogP contribution in [0.5, 0.6) is 11.5 Å². The molecule has 1 aromatic heterocycles. The Morgan fingerprint density at radius 3 is 2.38 bits per heavy atom. The average molecular weight is 459 g/mol. The van der Waals surface area contributed by atoms with Crippen molar-refractivity contribution in [3.63, 3.8) is 0 Å². The lowest BCUT2D eigenvalue weighted by atomic mass is 9.81. The lowest BCUT2D eigenvalue weighted by molar-refractivity contribution is -0.122. The fourth-order valence-corrected chi connectivity index (χ4v) is 3.75. The summed E-state index contributed by atoms with van der Waals surface area (Å²) in [7, 11) is 0. The van der Waals surface area contributed by atoms with Crippen LogP contribution in [0.4, 0.5) is 0 Å². The standard InChI is InChI=1S/C25H26N6O3/c1-25(2,24(29)34)14-9-16(15-7-12(11-26)3-6-20(15)32)21(33)17(10-14)23-30-18-5-4-13(22(27)28)8-19(18)31-23/h3-10,32-33H,11,26H2,1-2H3,(H3,27,28)(H2,29,34)(H,30,31). The van der Waals surface area contributed by atoms with Gasteiger partial charge in [-0.2, -0.15) is 0 Å². The Bertz CT molecular complexity index is 1450. The zero-order valence-electron chi connectivity index (χ0n) is 18.8. The summed E-state index contributed by atoms with van der Waals surface area (Å²) in [6.45, 7) is 3.61. The van der Waals surface area contributed by atoms with Crippen LogP contribution in [0.15, 0.2) is 48.5 Å². The summed E-state index contributed by atoms with van der Waals surface area (Å²) < 4.78 is 0. The SMILES string of the molecule is CC(C)(C(N)=O)c1cc(-c2nc3ccc(C(=N)N)cc3[nH]2)c(O)c(-c2cc(CN)ccc2O)c1. The molecular weight excluding hydrogens is 432 g/mol. The van der Waals surface area contributed by atoms with E-state index in [4.69, 9.17) is 22.6 Å². The number of amidine groups is 1. The number of imidazole rings is 1. The number of aromatic nitrogens is 2. The number of carbonyl (C=O) groups is 1. The van der Waals surface area contributed by atoms with Gasteiger partial charge in [-0.1, -0.05) is 6.07 Å². The molecule has 0 fully saturated rings. The van der Waals surface area contributed by atoms with Crippen molar-refractivity contribution in [3.05, 3.63) is 65.2 Å². The molecule has 3 aromatic carbocycles. The number of H-pyrrole nitrogens is 1. The molecule has 9 heteroatoms. The molecule has 9 nitrogen and oxygen atoms in total. The summed E-state index contributed by atoms with van der Waals surface area (Å²) in [6.07, 6.45) is 0. The third-order valence-electron chi connectivity index (χ3n) is 6.08. The Hall–Kier alpha value is -4.37. The minimum absolute atomic E-state index is 0.0526. The number of phenolic OH excluding ortho intramolecular Hbond substituents is 2. The molecular formula is C25H26N6O3. The molecule has 0 saturated heterocycles. The van der Waals surface area contributed by atoms with Crippen molar-refractivity contribution in [2.75, 3.05) is 0 Å². The van der Waals surface area contributed by atoms with Crippen molar-refractivity contribution in [1.29, 1.82) is 5.41 Å². The smallest absolute Gasteiger partial charge is 0.227 e. The van der Waals surface area contributed by atoms with E-state index in [1.165, 1.54) is 6.07 Å². The number of phenols is 2. The number of nitrogens with one attached hydrogen (secondary N) is 2. The number of amides is 1. The second-order valence-electron chi connectivity index (χ2n) is 8.70. The van der Waals surface area contributed by atoms with Gasteiger partial charge in [0.05, 0.1) is 22.0 Å². The zero-order chi connectivity index (χ0) is 24.8. The number of hydrogen-bond donors (Lipinski definition) is 7. The number of aromatic amines is 1. The summed E-state index contributed by atoms with van der Waals surface area (Å²) in [4.78, 5) is 20.0. The maximum Gasteiger partial charge on any atom is 0.227 e. The van der Waals surface area contributed by atoms with Crippen molar-refractivity contribution in [1.82, 2.24) is 9.97 Å². The van der Waals surface area contributed by atoms with E-state index in [0.29, 0.717) is 44.7 Å². The molecule has 0 radical (unpaired) electrons. The van der Waals surface area contributed by atoms with Gasteiger partial charge >= 0.3 is 0 Å². The Balaban J connectivity index is 2.01. The van der Waals surface area contributed by atoms with Gasteiger partial charge in [0, 0.05) is 23.2 Å². The number of hydrogen-bond acceptors (Lipinski definition) is 6. The first-order valence-corrected chi connectivity index (χ1v) is 10.6. The molecule has 0 bridgehead atoms. The van der Waals surface area contributed by atoms with Crippen molar-refractivity contribution in [2.24, 2.45) is 17.2 Å². The molecule has 174 valence electrons. The number of aromatic hydroxyl groups is 2. The highest BCUT2D eigenvalue weighted by atomic mass is 16.3. The van der Waals surface area contributed by atoms with Crippen LogP contribution in [0.1, 0.15) is 30.5 Å². The van der Waals surface area contributed by atoms with E-state index in [1.807, 2.05) is 0 Å². The third kappa shape index (κ3) is 3.82. The molecule has 0 aliphatic carbocycles. The first-order chi connectivity index (χ1) is 16.0. The van der Waals surface area contributed by atoms with Gasteiger partial charge < -0.3 is 32.4 Å². The maximum atomic E-state index is 12.3. The van der Waals surface area contributed by atoms with Gasteiger partial charge in [0.15, 0.2) is 0 Å². The summed E-state index contributed by atoms with van der Waals surface area (Å²) in [6, 6.07) is 13.3. The van der Waals surface area contributed by atoms with Crippen molar-refractivity contribution >= 4 is 22.8 Å². The second-order valence-corrected chi connectivity index (χ2v) is 8.70. The van der Waals surface area contributed by atoms with Crippen LogP contribution in [0.25, 0.3) is 33.5 Å². The number of primary amides is 1. The molecule has 4 aromatic rings. The van der Waals surface area contributed by atoms with Crippen LogP contribution in [-0.2, 0) is 16.8 Å². The van der Waals surface area contributed by atoms with Gasteiger partial charge in [0.2, 0.25) is 5.91 Å². The predicted molar refractivity (Wildman–Crippen MR) is 131 cm³/mol. The van der Waals surface area contributed by atoms with Crippen molar-refractivity contribution in [3.8, 4) is 34.0 Å². The molecule has 0 atom stereocenters. The molecule has 0 aliphatic heterocycles. The first kappa shape index (κ1) is 22.8. The molecule has 0 saturated carbocycles. The lowest BCUT2D eigenvalue weighted by Crippen LogP contribution is -2.35. The van der Waals surface area contributed by atoms with E-state index in [1.54, 1.807) is 56.3 Å². The van der Waals surface area contributed by atoms with Gasteiger partial charge in [-0.3, -0.25) is 10.2 Å². The number of benzene rings is 3. The predicted octanol–water partition coefficient (Wildman–Crippen LogP) is 2.81. The molecule has 0 unspecified atom stereocenters. The number of nitrogen functional groups attached to an aromatic ring is 1. The maximum absolute atomic E-state index is 12.3. The van der Waals surface area contributed by atoms with E-state index in [0.717, 1.165) is 5.56 Å². The van der Waals surface area contributed by atoms with E-state index in [2.05, 4.69) is 9.97 Å². The molecule has 1 amide bonds. The molecule has 0 spiro atoms. The van der Waals surface area contributed by atoms with Crippen molar-refractivity contribution < 1.29 is 15.0 Å². The van der Waals surface area contributed by atoms with Crippen LogP contribution < -0.4 is 17.2 Å². The highest BCUT2D eigenvalue weighted by molar-refractivity contribution is 5.98. The second kappa shape index (κ2) is 8.20. The lowest BCUT2D eigenvalue weighted by Gasteiger charge is -2.24. The van der Waals surface area contributed by atoms with Crippen LogP contribution >= 0.6 is 0 Å². The number of fused-ring (bicyclic) bond motifs is 1. The Kier molecular flexibility index (Phi) is 5.50. The molecule has 0 aliphatic rings. The highest BCUT2D eigenvalue weighted by Gasteiger charge is 2.30. The van der Waals surface area contributed by atoms with E-state index in [9.17, 15) is 15.0 Å². The summed E-state index contributed by atoms with van der Waals surface area (Å²) in [5.41, 5.74) is 20.0. The number of nitrogens with two attached hydrogens (primary N) is 3. The van der Waals surface area contributed by atoms with Gasteiger partial charge in [-0.05, 0) is 67.4 Å². The van der Waals surface area contributed by atoms with Gasteiger partial charge in [-0.15, -0.1) is 0 Å². The van der Waals surface area contributed by atoms with E-state index < -0.39 is 11.3 Å². The number of nitrogens with zero attached hydrogens (tertiary/aromatic N) is 1. The first-order valence-electron chi connectivity index (χ1n) is 10.6. The topological polar surface area (TPSA) is 188 Å². The fourth-order valence-electron chi connectivity index (χ4n) is 3.75. The minimum atomic E-state index is -1.08. The van der Waals surface area contributed by atoms with Crippen molar-refractivity contribution in [2.45, 2.75) is 25.8 Å². The number of rotatable bonds is 6. The third-order valence-corrected chi connectivity index (χ3v) is 6.08. The fraction of sp³-hybridized carbons (Fsp3) is 0.160. The molecule has 34 heavy (non-hydrogen) atoms. The summed E-state index contributed by atoms with van der Waals surface area (Å²) >= 11 is 0. The van der Waals surface area contributed by atoms with E-state index in [-0.39, 0.29) is 23.9 Å². The highest BCUT2D eigenvalue weighted by Crippen LogP contribution is 2.44. The van der Waals surface area contributed by atoms with Crippen LogP contribution in [-0.4, -0.2) is 31.9 Å². The monoisotopic (exact) mass is 458 g/mol. The Morgan fingerprint density at radius 2 is 1.74 bits per heavy atom. The largest absolute Gasteiger partial charge is 0.507 e. The van der Waals surface area contributed by atoms with Crippen LogP contribution in [0.2, 0.25) is 0 Å². The minimum Gasteiger partial charge on any atom is -0.507 e. The Morgan fingerprint density at radius 1 is 1.03 bits per heavy atom. The number of carbonyl (C=O) groups excluding carboxylic acids is 1. The quantitative estimate of drug-likeness (QED) is 0.172.